The van der Waals surface area contributed by atoms with E-state index >= 15 is 0 Å². The largest absolute Gasteiger partial charge is 0.392 e. The van der Waals surface area contributed by atoms with Crippen LogP contribution in [0.2, 0.25) is 0 Å². The number of rotatable bonds is 4. The molecule has 0 saturated heterocycles. The molecule has 10 heteroatoms. The molecule has 0 spiro atoms. The van der Waals surface area contributed by atoms with E-state index in [0.29, 0.717) is 11.5 Å². The molecule has 0 aromatic carbocycles. The number of hydrogen-bond donors (Lipinski definition) is 3. The summed E-state index contributed by atoms with van der Waals surface area (Å²) in [4.78, 5) is 16.9. The van der Waals surface area contributed by atoms with Crippen LogP contribution < -0.4 is 10.7 Å². The molecule has 1 aromatic heterocycles. The average molecular weight is 258 g/mol. The molecular formula is C7H10N6O3S. The van der Waals surface area contributed by atoms with Crippen molar-refractivity contribution in [3.05, 3.63) is 27.5 Å². The molecule has 1 aliphatic heterocycles. The molecule has 2 heterocycles. The Morgan fingerprint density at radius 1 is 1.71 bits per heavy atom. The fourth-order valence-electron chi connectivity index (χ4n) is 1.44. The summed E-state index contributed by atoms with van der Waals surface area (Å²) >= 11 is 1.23. The van der Waals surface area contributed by atoms with Gasteiger partial charge in [0.25, 0.3) is 0 Å². The maximum atomic E-state index is 10.8. The minimum Gasteiger partial charge on any atom is -0.392 e. The molecule has 0 unspecified atom stereocenters. The van der Waals surface area contributed by atoms with E-state index in [-0.39, 0.29) is 19.0 Å². The van der Waals surface area contributed by atoms with Crippen molar-refractivity contribution in [2.24, 2.45) is 5.84 Å². The van der Waals surface area contributed by atoms with E-state index in [1.165, 1.54) is 21.6 Å². The van der Waals surface area contributed by atoms with Gasteiger partial charge in [0.15, 0.2) is 0 Å². The summed E-state index contributed by atoms with van der Waals surface area (Å²) in [6.45, 7) is -0.135. The molecule has 2 rings (SSSR count). The third-order valence-corrected chi connectivity index (χ3v) is 2.80. The Labute approximate surface area is 100 Å². The summed E-state index contributed by atoms with van der Waals surface area (Å²) in [5.74, 6) is 5.77. The summed E-state index contributed by atoms with van der Waals surface area (Å²) in [6.07, 6.45) is 1.14. The molecule has 17 heavy (non-hydrogen) atoms. The lowest BCUT2D eigenvalue weighted by Gasteiger charge is -2.12. The van der Waals surface area contributed by atoms with Gasteiger partial charge in [0.1, 0.15) is 18.4 Å². The van der Waals surface area contributed by atoms with E-state index in [9.17, 15) is 10.1 Å². The van der Waals surface area contributed by atoms with Crippen LogP contribution in [0.1, 0.15) is 5.82 Å². The van der Waals surface area contributed by atoms with Crippen molar-refractivity contribution in [1.29, 1.82) is 0 Å². The maximum Gasteiger partial charge on any atom is 0.343 e. The van der Waals surface area contributed by atoms with Crippen molar-refractivity contribution < 1.29 is 10.0 Å². The molecule has 0 fully saturated rings. The van der Waals surface area contributed by atoms with Crippen LogP contribution in [0.3, 0.4) is 0 Å². The molecule has 0 bridgehead atoms. The number of hydrogen-bond acceptors (Lipinski definition) is 8. The van der Waals surface area contributed by atoms with Crippen LogP contribution >= 0.6 is 11.9 Å². The highest BCUT2D eigenvalue weighted by Crippen LogP contribution is 2.26. The van der Waals surface area contributed by atoms with Gasteiger partial charge in [-0.05, 0) is 16.9 Å². The number of imidazole rings is 1. The van der Waals surface area contributed by atoms with Crippen LogP contribution in [0.15, 0.2) is 11.6 Å². The number of nitrogens with one attached hydrogen (secondary N) is 1. The Bertz CT molecular complexity index is 472. The van der Waals surface area contributed by atoms with E-state index in [0.717, 1.165) is 6.20 Å². The summed E-state index contributed by atoms with van der Waals surface area (Å²) in [6, 6.07) is 0. The Morgan fingerprint density at radius 2 is 2.47 bits per heavy atom. The van der Waals surface area contributed by atoms with Gasteiger partial charge in [0.05, 0.1) is 6.61 Å². The van der Waals surface area contributed by atoms with Crippen molar-refractivity contribution in [2.75, 3.05) is 6.61 Å². The average Bonchev–Trinajstić information content (AvgIpc) is 2.85. The number of nitro groups is 1. The first kappa shape index (κ1) is 11.9. The van der Waals surface area contributed by atoms with Crippen molar-refractivity contribution in [3.63, 3.8) is 0 Å². The summed E-state index contributed by atoms with van der Waals surface area (Å²) < 4.78 is 1.30. The van der Waals surface area contributed by atoms with Gasteiger partial charge in [0.2, 0.25) is 5.82 Å². The SMILES string of the molecule is NN1NSC=C1c1ncc([N+](=O)[O-])n1CCO. The van der Waals surface area contributed by atoms with E-state index in [2.05, 4.69) is 9.82 Å². The molecular weight excluding hydrogens is 248 g/mol. The Kier molecular flexibility index (Phi) is 3.28. The van der Waals surface area contributed by atoms with Crippen molar-refractivity contribution >= 4 is 23.5 Å². The van der Waals surface area contributed by atoms with E-state index in [1.807, 2.05) is 0 Å². The van der Waals surface area contributed by atoms with Crippen LogP contribution in [0, 0.1) is 10.1 Å². The van der Waals surface area contributed by atoms with Crippen LogP contribution in [-0.4, -0.2) is 31.3 Å². The molecule has 0 amide bonds. The molecule has 1 aliphatic rings. The summed E-state index contributed by atoms with van der Waals surface area (Å²) in [5, 5.41) is 22.6. The molecule has 1 aromatic rings. The minimum atomic E-state index is -0.552. The Morgan fingerprint density at radius 3 is 3.00 bits per heavy atom. The fourth-order valence-corrected chi connectivity index (χ4v) is 2.04. The highest BCUT2D eigenvalue weighted by Gasteiger charge is 2.27. The maximum absolute atomic E-state index is 10.8. The first-order chi connectivity index (χ1) is 8.15. The van der Waals surface area contributed by atoms with Crippen LogP contribution in [0.4, 0.5) is 5.82 Å². The van der Waals surface area contributed by atoms with Gasteiger partial charge in [-0.1, -0.05) is 0 Å². The standard InChI is InChI=1S/C7H10N6O3S/c8-12-5(4-17-10-12)7-9-3-6(13(15)16)11(7)1-2-14/h3-4,10,14H,1-2,8H2. The van der Waals surface area contributed by atoms with Crippen molar-refractivity contribution in [2.45, 2.75) is 6.54 Å². The third-order valence-electron chi connectivity index (χ3n) is 2.16. The molecule has 0 aliphatic carbocycles. The van der Waals surface area contributed by atoms with Gasteiger partial charge in [-0.25, -0.2) is 20.5 Å². The lowest BCUT2D eigenvalue weighted by molar-refractivity contribution is -0.392. The molecule has 0 radical (unpaired) electrons. The molecule has 9 nitrogen and oxygen atoms in total. The molecule has 4 N–H and O–H groups in total. The van der Waals surface area contributed by atoms with Crippen LogP contribution in [0.5, 0.6) is 0 Å². The van der Waals surface area contributed by atoms with Gasteiger partial charge in [-0.3, -0.25) is 0 Å². The first-order valence-corrected chi connectivity index (χ1v) is 5.50. The van der Waals surface area contributed by atoms with E-state index < -0.39 is 4.92 Å². The van der Waals surface area contributed by atoms with Gasteiger partial charge >= 0.3 is 5.82 Å². The Balaban J connectivity index is 2.43. The third kappa shape index (κ3) is 2.10. The van der Waals surface area contributed by atoms with Gasteiger partial charge in [-0.15, -0.1) is 0 Å². The van der Waals surface area contributed by atoms with Crippen molar-refractivity contribution in [1.82, 2.24) is 19.5 Å². The highest BCUT2D eigenvalue weighted by atomic mass is 32.2. The van der Waals surface area contributed by atoms with Gasteiger partial charge < -0.3 is 15.2 Å². The number of aromatic nitrogens is 2. The zero-order valence-corrected chi connectivity index (χ0v) is 9.42. The molecule has 0 saturated carbocycles. The second-order valence-corrected chi connectivity index (χ2v) is 3.81. The van der Waals surface area contributed by atoms with E-state index in [1.54, 1.807) is 5.41 Å². The van der Waals surface area contributed by atoms with Gasteiger partial charge in [-0.2, -0.15) is 4.83 Å². The second-order valence-electron chi connectivity index (χ2n) is 3.15. The van der Waals surface area contributed by atoms with Crippen LogP contribution in [-0.2, 0) is 6.54 Å². The topological polar surface area (TPSA) is 122 Å². The number of aliphatic hydroxyl groups is 1. The van der Waals surface area contributed by atoms with Crippen molar-refractivity contribution in [3.8, 4) is 0 Å². The quantitative estimate of drug-likeness (QED) is 0.284. The molecule has 92 valence electrons. The normalized spacial score (nSPS) is 15.2. The zero-order chi connectivity index (χ0) is 12.4. The fraction of sp³-hybridized carbons (Fsp3) is 0.286. The lowest BCUT2D eigenvalue weighted by Crippen LogP contribution is -2.35. The second kappa shape index (κ2) is 4.71. The minimum absolute atomic E-state index is 0.0848. The number of hydrazine groups is 2. The predicted octanol–water partition coefficient (Wildman–Crippen LogP) is -0.576. The molecule has 0 atom stereocenters. The Hall–Kier alpha value is -1.62. The first-order valence-electron chi connectivity index (χ1n) is 4.62. The summed E-state index contributed by atoms with van der Waals surface area (Å²) in [7, 11) is 0. The lowest BCUT2D eigenvalue weighted by atomic mass is 10.4. The number of aliphatic hydroxyl groups excluding tert-OH is 1. The predicted molar refractivity (Wildman–Crippen MR) is 60.7 cm³/mol. The van der Waals surface area contributed by atoms with Gasteiger partial charge in [0, 0.05) is 5.41 Å². The number of nitrogens with zero attached hydrogens (tertiary/aromatic N) is 4. The highest BCUT2D eigenvalue weighted by molar-refractivity contribution is 8.00. The number of nitrogens with two attached hydrogens (primary N) is 1. The van der Waals surface area contributed by atoms with Crippen LogP contribution in [0.25, 0.3) is 5.70 Å². The smallest absolute Gasteiger partial charge is 0.343 e. The zero-order valence-electron chi connectivity index (χ0n) is 8.61. The monoisotopic (exact) mass is 258 g/mol. The van der Waals surface area contributed by atoms with E-state index in [4.69, 9.17) is 10.9 Å². The summed E-state index contributed by atoms with van der Waals surface area (Å²) in [5.41, 5.74) is 0.511.